The summed E-state index contributed by atoms with van der Waals surface area (Å²) in [5, 5.41) is 6.45. The quantitative estimate of drug-likeness (QED) is 0.548. The van der Waals surface area contributed by atoms with E-state index >= 15 is 0 Å². The maximum absolute atomic E-state index is 3.22. The van der Waals surface area contributed by atoms with Gasteiger partial charge in [0, 0.05) is 13.1 Å². The van der Waals surface area contributed by atoms with Crippen LogP contribution in [0, 0.1) is 0 Å². The van der Waals surface area contributed by atoms with E-state index in [2.05, 4.69) is 10.6 Å². The maximum atomic E-state index is 3.22. The molecule has 2 N–H and O–H groups in total. The monoisotopic (exact) mass is 152 g/mol. The number of nitrogens with one attached hydrogen (secondary N) is 2. The fourth-order valence-electron chi connectivity index (χ4n) is 1.04. The van der Waals surface area contributed by atoms with Crippen molar-refractivity contribution < 1.29 is 0 Å². The molecule has 0 aromatic carbocycles. The molecule has 0 saturated heterocycles. The Hall–Kier alpha value is -0.920. The van der Waals surface area contributed by atoms with Gasteiger partial charge in [-0.15, -0.1) is 0 Å². The van der Waals surface area contributed by atoms with Crippen LogP contribution in [0.25, 0.3) is 0 Å². The lowest BCUT2D eigenvalue weighted by atomic mass is 10.2. The van der Waals surface area contributed by atoms with Crippen molar-refractivity contribution in [2.45, 2.75) is 19.3 Å². The molecule has 0 unspecified atom stereocenters. The number of hydrogen-bond donors (Lipinski definition) is 2. The van der Waals surface area contributed by atoms with Gasteiger partial charge in [-0.25, -0.2) is 0 Å². The molecule has 0 amide bonds. The van der Waals surface area contributed by atoms with Gasteiger partial charge in [0.05, 0.1) is 0 Å². The second kappa shape index (κ2) is 5.83. The van der Waals surface area contributed by atoms with E-state index in [0.717, 1.165) is 13.1 Å². The van der Waals surface area contributed by atoms with Crippen LogP contribution in [0.3, 0.4) is 0 Å². The largest absolute Gasteiger partial charge is 0.391 e. The van der Waals surface area contributed by atoms with E-state index in [1.54, 1.807) is 0 Å². The Kier molecular flexibility index (Phi) is 4.34. The van der Waals surface area contributed by atoms with Gasteiger partial charge >= 0.3 is 0 Å². The molecule has 11 heavy (non-hydrogen) atoms. The maximum Gasteiger partial charge on any atom is 0.0141 e. The minimum absolute atomic E-state index is 1.10. The highest BCUT2D eigenvalue weighted by Crippen LogP contribution is 1.92. The van der Waals surface area contributed by atoms with E-state index in [9.17, 15) is 0 Å². The van der Waals surface area contributed by atoms with Gasteiger partial charge in [0.2, 0.25) is 0 Å². The van der Waals surface area contributed by atoms with Crippen LogP contribution < -0.4 is 10.6 Å². The van der Waals surface area contributed by atoms with Crippen LogP contribution in [-0.2, 0) is 0 Å². The summed E-state index contributed by atoms with van der Waals surface area (Å²) in [6.07, 6.45) is 11.9. The summed E-state index contributed by atoms with van der Waals surface area (Å²) in [6.45, 7) is 2.20. The van der Waals surface area contributed by atoms with E-state index in [1.807, 2.05) is 24.6 Å². The lowest BCUT2D eigenvalue weighted by Gasteiger charge is -2.00. The van der Waals surface area contributed by atoms with Crippen LogP contribution in [0.4, 0.5) is 0 Å². The third-order valence-corrected chi connectivity index (χ3v) is 1.68. The topological polar surface area (TPSA) is 24.1 Å². The molecule has 1 heterocycles. The first-order valence-electron chi connectivity index (χ1n) is 4.28. The smallest absolute Gasteiger partial charge is 0.0141 e. The van der Waals surface area contributed by atoms with Crippen LogP contribution in [0.15, 0.2) is 24.6 Å². The fourth-order valence-corrected chi connectivity index (χ4v) is 1.04. The summed E-state index contributed by atoms with van der Waals surface area (Å²) in [7, 11) is 0. The number of hydrogen-bond acceptors (Lipinski definition) is 2. The van der Waals surface area contributed by atoms with E-state index in [1.165, 1.54) is 19.3 Å². The molecule has 0 aliphatic carbocycles. The van der Waals surface area contributed by atoms with Crippen molar-refractivity contribution in [1.82, 2.24) is 10.6 Å². The van der Waals surface area contributed by atoms with Crippen molar-refractivity contribution in [3.63, 3.8) is 0 Å². The van der Waals surface area contributed by atoms with Crippen LogP contribution in [0.2, 0.25) is 0 Å². The van der Waals surface area contributed by atoms with Gasteiger partial charge in [-0.2, -0.15) is 0 Å². The Bertz CT molecular complexity index is 122. The van der Waals surface area contributed by atoms with Crippen LogP contribution in [0.1, 0.15) is 19.3 Å². The molecule has 1 rings (SSSR count). The molecule has 0 radical (unpaired) electrons. The Morgan fingerprint density at radius 3 is 1.82 bits per heavy atom. The van der Waals surface area contributed by atoms with Gasteiger partial charge in [-0.3, -0.25) is 0 Å². The molecule has 2 heteroatoms. The summed E-state index contributed by atoms with van der Waals surface area (Å²) >= 11 is 0. The molecule has 1 aliphatic rings. The number of rotatable bonds is 0. The summed E-state index contributed by atoms with van der Waals surface area (Å²) in [4.78, 5) is 0. The van der Waals surface area contributed by atoms with Gasteiger partial charge < -0.3 is 10.6 Å². The molecular weight excluding hydrogens is 136 g/mol. The molecule has 0 fully saturated rings. The second-order valence-corrected chi connectivity index (χ2v) is 2.69. The zero-order valence-electron chi connectivity index (χ0n) is 6.84. The predicted molar refractivity (Wildman–Crippen MR) is 48.1 cm³/mol. The fraction of sp³-hybridized carbons (Fsp3) is 0.556. The highest BCUT2D eigenvalue weighted by atomic mass is 14.8. The normalized spacial score (nSPS) is 19.6. The van der Waals surface area contributed by atoms with Crippen molar-refractivity contribution in [2.24, 2.45) is 0 Å². The lowest BCUT2D eigenvalue weighted by Crippen LogP contribution is -2.08. The Morgan fingerprint density at radius 1 is 0.727 bits per heavy atom. The highest BCUT2D eigenvalue weighted by molar-refractivity contribution is 5.00. The first-order chi connectivity index (χ1) is 5.50. The Balaban J connectivity index is 2.22. The van der Waals surface area contributed by atoms with E-state index in [-0.39, 0.29) is 0 Å². The molecule has 1 aliphatic heterocycles. The average molecular weight is 152 g/mol. The van der Waals surface area contributed by atoms with Crippen LogP contribution in [-0.4, -0.2) is 13.1 Å². The summed E-state index contributed by atoms with van der Waals surface area (Å²) in [6, 6.07) is 0. The molecule has 0 saturated carbocycles. The van der Waals surface area contributed by atoms with Gasteiger partial charge in [0.15, 0.2) is 0 Å². The third-order valence-electron chi connectivity index (χ3n) is 1.68. The van der Waals surface area contributed by atoms with E-state index < -0.39 is 0 Å². The van der Waals surface area contributed by atoms with Crippen molar-refractivity contribution >= 4 is 0 Å². The highest BCUT2D eigenvalue weighted by Gasteiger charge is 1.87. The zero-order chi connectivity index (χ0) is 7.78. The van der Waals surface area contributed by atoms with Crippen molar-refractivity contribution in [2.75, 3.05) is 13.1 Å². The zero-order valence-corrected chi connectivity index (χ0v) is 6.84. The van der Waals surface area contributed by atoms with Gasteiger partial charge in [0.25, 0.3) is 0 Å². The molecule has 2 nitrogen and oxygen atoms in total. The van der Waals surface area contributed by atoms with Crippen molar-refractivity contribution in [3.8, 4) is 0 Å². The Labute approximate surface area is 68.4 Å². The molecule has 0 spiro atoms. The standard InChI is InChI=1S/C9H16N2/c1-2-6-10-8-4-5-9-11-7-3-1/h4-5,8-11H,1-3,6-7H2. The molecule has 62 valence electrons. The minimum Gasteiger partial charge on any atom is -0.391 e. The van der Waals surface area contributed by atoms with E-state index in [4.69, 9.17) is 0 Å². The van der Waals surface area contributed by atoms with Crippen molar-refractivity contribution in [3.05, 3.63) is 24.6 Å². The van der Waals surface area contributed by atoms with Crippen LogP contribution in [0.5, 0.6) is 0 Å². The first-order valence-corrected chi connectivity index (χ1v) is 4.28. The van der Waals surface area contributed by atoms with Crippen molar-refractivity contribution in [1.29, 1.82) is 0 Å². The molecular formula is C9H16N2. The average Bonchev–Trinajstić information content (AvgIpc) is 2.08. The minimum atomic E-state index is 1.10. The van der Waals surface area contributed by atoms with Gasteiger partial charge in [0.1, 0.15) is 0 Å². The first kappa shape index (κ1) is 8.18. The molecule has 0 atom stereocenters. The van der Waals surface area contributed by atoms with Crippen LogP contribution >= 0.6 is 0 Å². The summed E-state index contributed by atoms with van der Waals surface area (Å²) in [5.41, 5.74) is 0. The second-order valence-electron chi connectivity index (χ2n) is 2.69. The third kappa shape index (κ3) is 4.48. The SMILES string of the molecule is C1=CNCCCCCNC=C1. The lowest BCUT2D eigenvalue weighted by molar-refractivity contribution is 0.639. The van der Waals surface area contributed by atoms with Gasteiger partial charge in [-0.05, 0) is 43.8 Å². The summed E-state index contributed by atoms with van der Waals surface area (Å²) in [5.74, 6) is 0. The predicted octanol–water partition coefficient (Wildman–Crippen LogP) is 1.38. The molecule has 0 bridgehead atoms. The summed E-state index contributed by atoms with van der Waals surface area (Å²) < 4.78 is 0. The number of allylic oxidation sites excluding steroid dienone is 2. The molecule has 0 aromatic rings. The van der Waals surface area contributed by atoms with E-state index in [0.29, 0.717) is 0 Å². The van der Waals surface area contributed by atoms with Gasteiger partial charge in [-0.1, -0.05) is 0 Å². The Morgan fingerprint density at radius 2 is 1.27 bits per heavy atom. The molecule has 0 aromatic heterocycles.